The van der Waals surface area contributed by atoms with E-state index in [1.54, 1.807) is 67.0 Å². The lowest BCUT2D eigenvalue weighted by Crippen LogP contribution is -2.46. The Morgan fingerprint density at radius 2 is 1.76 bits per heavy atom. The number of cyclic esters (lactones) is 1. The molecule has 2 N–H and O–H groups in total. The zero-order valence-corrected chi connectivity index (χ0v) is 20.0. The van der Waals surface area contributed by atoms with E-state index in [4.69, 9.17) is 9.15 Å². The Bertz CT molecular complexity index is 1430. The van der Waals surface area contributed by atoms with Crippen LogP contribution in [0.25, 0.3) is 0 Å². The monoisotopic (exact) mass is 514 g/mol. The van der Waals surface area contributed by atoms with Crippen LogP contribution < -0.4 is 10.6 Å². The molecule has 1 aliphatic rings. The van der Waals surface area contributed by atoms with Crippen molar-refractivity contribution >= 4 is 23.6 Å². The molecule has 2 aromatic heterocycles. The summed E-state index contributed by atoms with van der Waals surface area (Å²) in [4.78, 5) is 43.9. The highest BCUT2D eigenvalue weighted by Crippen LogP contribution is 2.34. The fourth-order valence-electron chi connectivity index (χ4n) is 4.19. The molecule has 0 spiro atoms. The average Bonchev–Trinajstić information content (AvgIpc) is 3.57. The molecule has 3 heterocycles. The summed E-state index contributed by atoms with van der Waals surface area (Å²) in [6.45, 7) is 0.210. The normalized spacial score (nSPS) is 16.7. The molecule has 2 atom stereocenters. The van der Waals surface area contributed by atoms with Gasteiger partial charge in [-0.25, -0.2) is 9.18 Å². The van der Waals surface area contributed by atoms with Crippen molar-refractivity contribution in [3.05, 3.63) is 120 Å². The molecular weight excluding hydrogens is 491 g/mol. The van der Waals surface area contributed by atoms with Crippen molar-refractivity contribution in [1.82, 2.24) is 15.2 Å². The molecule has 1 fully saturated rings. The van der Waals surface area contributed by atoms with E-state index >= 15 is 0 Å². The summed E-state index contributed by atoms with van der Waals surface area (Å²) in [5, 5.41) is 5.58. The number of furan rings is 1. The molecule has 2 aromatic carbocycles. The Morgan fingerprint density at radius 1 is 0.974 bits per heavy atom. The first-order chi connectivity index (χ1) is 18.5. The van der Waals surface area contributed by atoms with Crippen LogP contribution in [0.15, 0.2) is 95.9 Å². The van der Waals surface area contributed by atoms with Crippen molar-refractivity contribution in [3.63, 3.8) is 0 Å². The van der Waals surface area contributed by atoms with Crippen molar-refractivity contribution in [3.8, 4) is 0 Å². The van der Waals surface area contributed by atoms with Gasteiger partial charge in [-0.15, -0.1) is 0 Å². The van der Waals surface area contributed by atoms with Gasteiger partial charge in [-0.2, -0.15) is 0 Å². The lowest BCUT2D eigenvalue weighted by atomic mass is 10.00. The topological polar surface area (TPSA) is 114 Å². The predicted octanol–water partition coefficient (Wildman–Crippen LogP) is 4.44. The largest absolute Gasteiger partial charge is 0.459 e. The van der Waals surface area contributed by atoms with Gasteiger partial charge in [-0.05, 0) is 65.2 Å². The highest BCUT2D eigenvalue weighted by atomic mass is 19.1. The Hall–Kier alpha value is -4.99. The smallest absolute Gasteiger partial charge is 0.411 e. The molecule has 1 saturated heterocycles. The SMILES string of the molecule is O=C(Nc1ccc(C2OC(=O)N(Cc3cccc(F)c3)C2C(=O)NCc2ccncc2)cc1)c1ccco1. The van der Waals surface area contributed by atoms with E-state index in [0.717, 1.165) is 5.56 Å². The van der Waals surface area contributed by atoms with Crippen LogP contribution in [-0.2, 0) is 22.6 Å². The lowest BCUT2D eigenvalue weighted by Gasteiger charge is -2.24. The van der Waals surface area contributed by atoms with E-state index in [1.807, 2.05) is 0 Å². The van der Waals surface area contributed by atoms with Crippen molar-refractivity contribution in [2.45, 2.75) is 25.2 Å². The first-order valence-corrected chi connectivity index (χ1v) is 11.8. The fourth-order valence-corrected chi connectivity index (χ4v) is 4.19. The third-order valence-electron chi connectivity index (χ3n) is 6.05. The Balaban J connectivity index is 1.37. The van der Waals surface area contributed by atoms with Crippen LogP contribution in [0.3, 0.4) is 0 Å². The number of rotatable bonds is 8. The number of halogens is 1. The van der Waals surface area contributed by atoms with E-state index in [-0.39, 0.29) is 18.8 Å². The number of nitrogens with zero attached hydrogens (tertiary/aromatic N) is 2. The van der Waals surface area contributed by atoms with Gasteiger partial charge in [0.2, 0.25) is 5.91 Å². The minimum atomic E-state index is -1.02. The molecule has 1 aliphatic heterocycles. The van der Waals surface area contributed by atoms with Gasteiger partial charge in [0.25, 0.3) is 5.91 Å². The number of aromatic nitrogens is 1. The third-order valence-corrected chi connectivity index (χ3v) is 6.05. The summed E-state index contributed by atoms with van der Waals surface area (Å²) in [6.07, 6.45) is 3.02. The zero-order valence-electron chi connectivity index (χ0n) is 20.0. The zero-order chi connectivity index (χ0) is 26.5. The van der Waals surface area contributed by atoms with E-state index in [2.05, 4.69) is 15.6 Å². The van der Waals surface area contributed by atoms with Crippen molar-refractivity contribution in [2.24, 2.45) is 0 Å². The van der Waals surface area contributed by atoms with Crippen LogP contribution in [0.4, 0.5) is 14.9 Å². The molecule has 38 heavy (non-hydrogen) atoms. The van der Waals surface area contributed by atoms with Gasteiger partial charge >= 0.3 is 6.09 Å². The molecule has 0 radical (unpaired) electrons. The Morgan fingerprint density at radius 3 is 2.47 bits per heavy atom. The van der Waals surface area contributed by atoms with Gasteiger partial charge in [0.1, 0.15) is 5.82 Å². The molecule has 3 amide bonds. The van der Waals surface area contributed by atoms with E-state index in [0.29, 0.717) is 16.8 Å². The molecule has 4 aromatic rings. The number of carbonyl (C=O) groups excluding carboxylic acids is 3. The Kier molecular flexibility index (Phi) is 7.12. The third kappa shape index (κ3) is 5.54. The summed E-state index contributed by atoms with van der Waals surface area (Å²) in [7, 11) is 0. The number of nitrogens with one attached hydrogen (secondary N) is 2. The maximum absolute atomic E-state index is 13.8. The molecule has 2 unspecified atom stereocenters. The lowest BCUT2D eigenvalue weighted by molar-refractivity contribution is -0.126. The summed E-state index contributed by atoms with van der Waals surface area (Å²) in [6, 6.07) is 18.1. The summed E-state index contributed by atoms with van der Waals surface area (Å²) in [5.74, 6) is -1.12. The highest BCUT2D eigenvalue weighted by molar-refractivity contribution is 6.02. The van der Waals surface area contributed by atoms with E-state index in [9.17, 15) is 18.8 Å². The van der Waals surface area contributed by atoms with Crippen LogP contribution in [-0.4, -0.2) is 33.8 Å². The fraction of sp³-hybridized carbons (Fsp3) is 0.143. The number of pyridine rings is 1. The van der Waals surface area contributed by atoms with Crippen molar-refractivity contribution in [1.29, 1.82) is 0 Å². The van der Waals surface area contributed by atoms with Gasteiger partial charge < -0.3 is 19.8 Å². The molecular formula is C28H23FN4O5. The van der Waals surface area contributed by atoms with Crippen LogP contribution >= 0.6 is 0 Å². The molecule has 0 saturated carbocycles. The number of benzene rings is 2. The second-order valence-electron chi connectivity index (χ2n) is 8.63. The predicted molar refractivity (Wildman–Crippen MR) is 134 cm³/mol. The molecule has 5 rings (SSSR count). The first kappa shape index (κ1) is 24.7. The molecule has 9 nitrogen and oxygen atoms in total. The van der Waals surface area contributed by atoms with Crippen LogP contribution in [0.1, 0.15) is 33.3 Å². The maximum Gasteiger partial charge on any atom is 0.411 e. The van der Waals surface area contributed by atoms with E-state index < -0.39 is 35.9 Å². The second-order valence-corrected chi connectivity index (χ2v) is 8.63. The average molecular weight is 515 g/mol. The molecule has 192 valence electrons. The van der Waals surface area contributed by atoms with E-state index in [1.165, 1.54) is 29.4 Å². The van der Waals surface area contributed by atoms with Gasteiger partial charge in [-0.1, -0.05) is 24.3 Å². The summed E-state index contributed by atoms with van der Waals surface area (Å²) in [5.41, 5.74) is 2.41. The Labute approximate surface area is 217 Å². The molecule has 0 bridgehead atoms. The van der Waals surface area contributed by atoms with Crippen LogP contribution in [0.5, 0.6) is 0 Å². The van der Waals surface area contributed by atoms with Crippen molar-refractivity contribution in [2.75, 3.05) is 5.32 Å². The first-order valence-electron chi connectivity index (χ1n) is 11.8. The quantitative estimate of drug-likeness (QED) is 0.359. The van der Waals surface area contributed by atoms with Crippen molar-refractivity contribution < 1.29 is 27.9 Å². The standard InChI is InChI=1S/C28H23FN4O5/c29-21-4-1-3-19(15-21)17-33-24(27(35)31-16-18-10-12-30-13-11-18)25(38-28(33)36)20-6-8-22(9-7-20)32-26(34)23-5-2-14-37-23/h1-15,24-25H,16-17H2,(H,31,35)(H,32,34). The number of hydrogen-bond donors (Lipinski definition) is 2. The number of amides is 3. The number of carbonyl (C=O) groups is 3. The minimum absolute atomic E-state index is 0.0161. The number of hydrogen-bond acceptors (Lipinski definition) is 6. The number of anilines is 1. The van der Waals surface area contributed by atoms with Gasteiger partial charge in [0.05, 0.1) is 12.8 Å². The molecule has 10 heteroatoms. The summed E-state index contributed by atoms with van der Waals surface area (Å²) >= 11 is 0. The van der Waals surface area contributed by atoms with Gasteiger partial charge in [0, 0.05) is 24.6 Å². The van der Waals surface area contributed by atoms with Crippen LogP contribution in [0.2, 0.25) is 0 Å². The number of ether oxygens (including phenoxy) is 1. The summed E-state index contributed by atoms with van der Waals surface area (Å²) < 4.78 is 24.6. The van der Waals surface area contributed by atoms with Gasteiger partial charge in [-0.3, -0.25) is 19.5 Å². The highest BCUT2D eigenvalue weighted by Gasteiger charge is 2.47. The van der Waals surface area contributed by atoms with Crippen LogP contribution in [0, 0.1) is 5.82 Å². The molecule has 0 aliphatic carbocycles. The minimum Gasteiger partial charge on any atom is -0.459 e. The second kappa shape index (κ2) is 11.0. The van der Waals surface area contributed by atoms with Gasteiger partial charge in [0.15, 0.2) is 17.9 Å². The maximum atomic E-state index is 13.8.